The molecule has 2 fully saturated rings. The number of fused-ring (bicyclic) bond motifs is 1. The van der Waals surface area contributed by atoms with E-state index in [0.717, 1.165) is 37.9 Å². The van der Waals surface area contributed by atoms with Gasteiger partial charge in [0.05, 0.1) is 40.7 Å². The van der Waals surface area contributed by atoms with E-state index >= 15 is 0 Å². The fourth-order valence-corrected chi connectivity index (χ4v) is 6.59. The average molecular weight is 523 g/mol. The van der Waals surface area contributed by atoms with E-state index in [2.05, 4.69) is 39.0 Å². The van der Waals surface area contributed by atoms with Crippen molar-refractivity contribution >= 4 is 0 Å². The Morgan fingerprint density at radius 1 is 0.973 bits per heavy atom. The van der Waals surface area contributed by atoms with Crippen molar-refractivity contribution in [1.82, 2.24) is 0 Å². The van der Waals surface area contributed by atoms with Crippen molar-refractivity contribution in [2.24, 2.45) is 0 Å². The third kappa shape index (κ3) is 5.82. The molecule has 0 amide bonds. The summed E-state index contributed by atoms with van der Waals surface area (Å²) in [6.45, 7) is 15.5. The summed E-state index contributed by atoms with van der Waals surface area (Å²) in [5.41, 5.74) is -3.83. The SMILES string of the molecule is CC1(CCC(O)C(C)(C)O)C=CCC(C)(C2CCC3OC(C4(C)CCC(O)C(C)(C)O4)=CCC3(C)O2)O1. The van der Waals surface area contributed by atoms with Crippen LogP contribution in [0.3, 0.4) is 0 Å². The van der Waals surface area contributed by atoms with Crippen molar-refractivity contribution in [1.29, 1.82) is 0 Å². The number of aliphatic hydroxyl groups is 3. The van der Waals surface area contributed by atoms with Crippen LogP contribution < -0.4 is 0 Å². The Hall–Kier alpha value is -0.960. The van der Waals surface area contributed by atoms with Crippen molar-refractivity contribution < 1.29 is 34.3 Å². The third-order valence-corrected chi connectivity index (χ3v) is 9.32. The van der Waals surface area contributed by atoms with Gasteiger partial charge in [-0.05, 0) is 106 Å². The van der Waals surface area contributed by atoms with E-state index in [1.165, 1.54) is 0 Å². The highest BCUT2D eigenvalue weighted by atomic mass is 16.6. The van der Waals surface area contributed by atoms with Gasteiger partial charge in [0.2, 0.25) is 0 Å². The van der Waals surface area contributed by atoms with Gasteiger partial charge in [0.15, 0.2) is 0 Å². The van der Waals surface area contributed by atoms with Crippen LogP contribution in [0.1, 0.15) is 107 Å². The molecule has 2 saturated heterocycles. The second kappa shape index (κ2) is 9.60. The summed E-state index contributed by atoms with van der Waals surface area (Å²) >= 11 is 0. The Bertz CT molecular complexity index is 906. The molecule has 0 bridgehead atoms. The minimum absolute atomic E-state index is 0.0739. The molecule has 3 N–H and O–H groups in total. The number of aliphatic hydroxyl groups excluding tert-OH is 2. The highest BCUT2D eigenvalue weighted by molar-refractivity contribution is 5.19. The van der Waals surface area contributed by atoms with E-state index in [1.807, 2.05) is 20.8 Å². The molecule has 8 unspecified atom stereocenters. The lowest BCUT2D eigenvalue weighted by molar-refractivity contribution is -0.273. The molecule has 0 aromatic carbocycles. The highest BCUT2D eigenvalue weighted by Crippen LogP contribution is 2.49. The van der Waals surface area contributed by atoms with Gasteiger partial charge in [-0.1, -0.05) is 12.2 Å². The molecule has 7 nitrogen and oxygen atoms in total. The summed E-state index contributed by atoms with van der Waals surface area (Å²) in [7, 11) is 0. The zero-order valence-corrected chi connectivity index (χ0v) is 24.2. The Kier molecular flexibility index (Phi) is 7.53. The van der Waals surface area contributed by atoms with Crippen LogP contribution in [0.25, 0.3) is 0 Å². The third-order valence-electron chi connectivity index (χ3n) is 9.32. The summed E-state index contributed by atoms with van der Waals surface area (Å²) in [5.74, 6) is 0.859. The molecular weight excluding hydrogens is 472 g/mol. The minimum Gasteiger partial charge on any atom is -0.489 e. The monoisotopic (exact) mass is 522 g/mol. The van der Waals surface area contributed by atoms with Crippen LogP contribution >= 0.6 is 0 Å². The molecular formula is C30H50O7. The quantitative estimate of drug-likeness (QED) is 0.435. The van der Waals surface area contributed by atoms with Gasteiger partial charge in [-0.3, -0.25) is 0 Å². The maximum Gasteiger partial charge on any atom is 0.127 e. The van der Waals surface area contributed by atoms with E-state index in [4.69, 9.17) is 18.9 Å². The Balaban J connectivity index is 1.44. The highest BCUT2D eigenvalue weighted by Gasteiger charge is 2.54. The normalized spacial score (nSPS) is 44.9. The number of rotatable bonds is 6. The minimum atomic E-state index is -1.14. The van der Waals surface area contributed by atoms with E-state index in [0.29, 0.717) is 19.3 Å². The molecule has 7 heteroatoms. The van der Waals surface area contributed by atoms with E-state index in [9.17, 15) is 15.3 Å². The molecule has 4 aliphatic heterocycles. The number of ether oxygens (including phenoxy) is 4. The van der Waals surface area contributed by atoms with Crippen molar-refractivity contribution in [2.75, 3.05) is 0 Å². The Morgan fingerprint density at radius 2 is 1.65 bits per heavy atom. The van der Waals surface area contributed by atoms with Gasteiger partial charge >= 0.3 is 0 Å². The molecule has 0 saturated carbocycles. The second-order valence-corrected chi connectivity index (χ2v) is 13.9. The van der Waals surface area contributed by atoms with Gasteiger partial charge in [-0.15, -0.1) is 0 Å². The van der Waals surface area contributed by atoms with Crippen LogP contribution in [0.2, 0.25) is 0 Å². The van der Waals surface area contributed by atoms with Gasteiger partial charge in [0.1, 0.15) is 23.1 Å². The van der Waals surface area contributed by atoms with Crippen molar-refractivity contribution in [2.45, 2.75) is 165 Å². The van der Waals surface area contributed by atoms with Crippen LogP contribution in [0, 0.1) is 0 Å². The Morgan fingerprint density at radius 3 is 2.30 bits per heavy atom. The first kappa shape index (κ1) is 29.0. The summed E-state index contributed by atoms with van der Waals surface area (Å²) in [6, 6.07) is 0. The summed E-state index contributed by atoms with van der Waals surface area (Å²) in [4.78, 5) is 0. The van der Waals surface area contributed by atoms with E-state index in [-0.39, 0.29) is 12.2 Å². The fourth-order valence-electron chi connectivity index (χ4n) is 6.59. The standard InChI is InChI=1S/C30H50O7/c1-25(2,33)20(31)12-17-27(5)15-9-16-29(7,37-27)24-11-10-22-28(6,35-24)19-14-23(34-22)30(8)18-13-21(32)26(3,4)36-30/h9,14-15,20-22,24,31-33H,10-13,16-19H2,1-8H3. The smallest absolute Gasteiger partial charge is 0.127 e. The molecule has 0 aliphatic carbocycles. The first-order valence-electron chi connectivity index (χ1n) is 14.1. The zero-order chi connectivity index (χ0) is 27.5. The van der Waals surface area contributed by atoms with Crippen molar-refractivity contribution in [3.63, 3.8) is 0 Å². The van der Waals surface area contributed by atoms with E-state index in [1.54, 1.807) is 13.8 Å². The van der Waals surface area contributed by atoms with Crippen LogP contribution in [0.5, 0.6) is 0 Å². The van der Waals surface area contributed by atoms with Gasteiger partial charge < -0.3 is 34.3 Å². The molecule has 0 radical (unpaired) electrons. The molecule has 212 valence electrons. The summed E-state index contributed by atoms with van der Waals surface area (Å²) in [6.07, 6.45) is 10.5. The zero-order valence-electron chi connectivity index (χ0n) is 24.2. The lowest BCUT2D eigenvalue weighted by Crippen LogP contribution is -2.61. The first-order chi connectivity index (χ1) is 16.9. The maximum absolute atomic E-state index is 10.4. The van der Waals surface area contributed by atoms with Gasteiger partial charge in [0, 0.05) is 6.42 Å². The molecule has 4 heterocycles. The molecule has 4 aliphatic rings. The number of hydrogen-bond donors (Lipinski definition) is 3. The van der Waals surface area contributed by atoms with E-state index < -0.39 is 45.8 Å². The molecule has 0 spiro atoms. The predicted molar refractivity (Wildman–Crippen MR) is 142 cm³/mol. The van der Waals surface area contributed by atoms with Crippen molar-refractivity contribution in [3.05, 3.63) is 24.0 Å². The topological polar surface area (TPSA) is 97.6 Å². The first-order valence-corrected chi connectivity index (χ1v) is 14.1. The van der Waals surface area contributed by atoms with Gasteiger partial charge in [0.25, 0.3) is 0 Å². The lowest BCUT2D eigenvalue weighted by atomic mass is 9.77. The fraction of sp³-hybridized carbons (Fsp3) is 0.867. The molecule has 0 aromatic rings. The molecule has 0 aromatic heterocycles. The van der Waals surface area contributed by atoms with Gasteiger partial charge in [-0.2, -0.15) is 0 Å². The van der Waals surface area contributed by atoms with Gasteiger partial charge in [-0.25, -0.2) is 0 Å². The summed E-state index contributed by atoms with van der Waals surface area (Å²) < 4.78 is 26.6. The van der Waals surface area contributed by atoms with Crippen LogP contribution in [0.15, 0.2) is 24.0 Å². The van der Waals surface area contributed by atoms with Crippen LogP contribution in [-0.2, 0) is 18.9 Å². The second-order valence-electron chi connectivity index (χ2n) is 13.9. The lowest BCUT2D eigenvalue weighted by Gasteiger charge is -2.55. The summed E-state index contributed by atoms with van der Waals surface area (Å²) in [5, 5.41) is 30.8. The number of hydrogen-bond acceptors (Lipinski definition) is 7. The molecule has 4 rings (SSSR count). The van der Waals surface area contributed by atoms with Crippen LogP contribution in [0.4, 0.5) is 0 Å². The molecule has 37 heavy (non-hydrogen) atoms. The maximum atomic E-state index is 10.4. The average Bonchev–Trinajstić information content (AvgIpc) is 2.78. The predicted octanol–water partition coefficient (Wildman–Crippen LogP) is 4.71. The van der Waals surface area contributed by atoms with Crippen molar-refractivity contribution in [3.8, 4) is 0 Å². The van der Waals surface area contributed by atoms with Crippen LogP contribution in [-0.4, -0.2) is 73.3 Å². The largest absolute Gasteiger partial charge is 0.489 e. The Labute approximate surface area is 223 Å². The molecule has 8 atom stereocenters.